The van der Waals surface area contributed by atoms with Crippen molar-refractivity contribution in [2.24, 2.45) is 5.84 Å². The fourth-order valence-electron chi connectivity index (χ4n) is 2.19. The Hall–Kier alpha value is -1.63. The van der Waals surface area contributed by atoms with Crippen LogP contribution in [0.1, 0.15) is 23.2 Å². The normalized spacial score (nSPS) is 14.2. The molecule has 1 aliphatic carbocycles. The monoisotopic (exact) mass is 293 g/mol. The summed E-state index contributed by atoms with van der Waals surface area (Å²) in [6.45, 7) is 3.21. The molecule has 116 valence electrons. The summed E-state index contributed by atoms with van der Waals surface area (Å²) in [5.74, 6) is 5.53. The van der Waals surface area contributed by atoms with Gasteiger partial charge in [-0.3, -0.25) is 15.1 Å². The lowest BCUT2D eigenvalue weighted by Crippen LogP contribution is -2.33. The SMILES string of the molecule is COCCN(CCOc1ccc(C(=O)NN)cc1)C1CC1. The molecule has 0 aliphatic heterocycles. The number of hydrazine groups is 1. The second kappa shape index (κ2) is 7.97. The zero-order valence-electron chi connectivity index (χ0n) is 12.4. The third-order valence-corrected chi connectivity index (χ3v) is 3.54. The fraction of sp³-hybridized carbons (Fsp3) is 0.533. The maximum absolute atomic E-state index is 11.3. The Bertz CT molecular complexity index is 446. The lowest BCUT2D eigenvalue weighted by atomic mass is 10.2. The number of methoxy groups -OCH3 is 1. The lowest BCUT2D eigenvalue weighted by Gasteiger charge is -2.21. The van der Waals surface area contributed by atoms with Crippen LogP contribution in [-0.4, -0.2) is 50.3 Å². The molecule has 0 heterocycles. The van der Waals surface area contributed by atoms with E-state index in [2.05, 4.69) is 10.3 Å². The van der Waals surface area contributed by atoms with Crippen LogP contribution in [0.25, 0.3) is 0 Å². The largest absolute Gasteiger partial charge is 0.492 e. The third kappa shape index (κ3) is 5.00. The number of nitrogens with two attached hydrogens (primary N) is 1. The van der Waals surface area contributed by atoms with E-state index in [4.69, 9.17) is 15.3 Å². The standard InChI is InChI=1S/C15H23N3O3/c1-20-10-8-18(13-4-5-13)9-11-21-14-6-2-12(3-7-14)15(19)17-16/h2-3,6-7,13H,4-5,8-11,16H2,1H3,(H,17,19). The summed E-state index contributed by atoms with van der Waals surface area (Å²) < 4.78 is 10.8. The van der Waals surface area contributed by atoms with Gasteiger partial charge in [0.05, 0.1) is 6.61 Å². The highest BCUT2D eigenvalue weighted by Gasteiger charge is 2.28. The molecule has 1 aromatic rings. The van der Waals surface area contributed by atoms with Crippen molar-refractivity contribution >= 4 is 5.91 Å². The minimum Gasteiger partial charge on any atom is -0.492 e. The number of nitrogens with zero attached hydrogens (tertiary/aromatic N) is 1. The van der Waals surface area contributed by atoms with E-state index in [9.17, 15) is 4.79 Å². The Kier molecular flexibility index (Phi) is 5.98. The van der Waals surface area contributed by atoms with Crippen molar-refractivity contribution in [3.05, 3.63) is 29.8 Å². The molecule has 2 rings (SSSR count). The van der Waals surface area contributed by atoms with Crippen LogP contribution in [0.5, 0.6) is 5.75 Å². The number of nitrogen functional groups attached to an aromatic ring is 1. The molecule has 0 saturated heterocycles. The zero-order valence-corrected chi connectivity index (χ0v) is 12.4. The highest BCUT2D eigenvalue weighted by Crippen LogP contribution is 2.26. The number of rotatable bonds is 9. The summed E-state index contributed by atoms with van der Waals surface area (Å²) in [7, 11) is 1.72. The molecule has 0 spiro atoms. The second-order valence-electron chi connectivity index (χ2n) is 5.11. The van der Waals surface area contributed by atoms with Crippen LogP contribution in [0.3, 0.4) is 0 Å². The maximum atomic E-state index is 11.3. The number of ether oxygens (including phenoxy) is 2. The average Bonchev–Trinajstić information content (AvgIpc) is 3.35. The van der Waals surface area contributed by atoms with E-state index in [1.807, 2.05) is 0 Å². The number of benzene rings is 1. The van der Waals surface area contributed by atoms with Gasteiger partial charge in [0.2, 0.25) is 0 Å². The van der Waals surface area contributed by atoms with Crippen molar-refractivity contribution in [3.8, 4) is 5.75 Å². The van der Waals surface area contributed by atoms with Crippen molar-refractivity contribution < 1.29 is 14.3 Å². The molecule has 1 saturated carbocycles. The highest BCUT2D eigenvalue weighted by molar-refractivity contribution is 5.93. The molecule has 0 bridgehead atoms. The second-order valence-corrected chi connectivity index (χ2v) is 5.11. The van der Waals surface area contributed by atoms with Crippen LogP contribution < -0.4 is 16.0 Å². The quantitative estimate of drug-likeness (QED) is 0.400. The number of carbonyl (C=O) groups is 1. The van der Waals surface area contributed by atoms with E-state index < -0.39 is 0 Å². The van der Waals surface area contributed by atoms with E-state index in [-0.39, 0.29) is 5.91 Å². The first-order chi connectivity index (χ1) is 10.2. The number of hydrogen-bond donors (Lipinski definition) is 2. The molecular weight excluding hydrogens is 270 g/mol. The van der Waals surface area contributed by atoms with Gasteiger partial charge in [0.1, 0.15) is 12.4 Å². The van der Waals surface area contributed by atoms with Gasteiger partial charge in [0, 0.05) is 31.8 Å². The van der Waals surface area contributed by atoms with E-state index in [1.54, 1.807) is 31.4 Å². The Morgan fingerprint density at radius 3 is 2.52 bits per heavy atom. The molecule has 6 nitrogen and oxygen atoms in total. The third-order valence-electron chi connectivity index (χ3n) is 3.54. The summed E-state index contributed by atoms with van der Waals surface area (Å²) in [5, 5.41) is 0. The van der Waals surface area contributed by atoms with Crippen molar-refractivity contribution in [1.82, 2.24) is 10.3 Å². The van der Waals surface area contributed by atoms with Gasteiger partial charge in [0.25, 0.3) is 5.91 Å². The first-order valence-corrected chi connectivity index (χ1v) is 7.21. The fourth-order valence-corrected chi connectivity index (χ4v) is 2.19. The molecule has 1 aliphatic rings. The number of nitrogens with one attached hydrogen (secondary N) is 1. The van der Waals surface area contributed by atoms with E-state index >= 15 is 0 Å². The average molecular weight is 293 g/mol. The first-order valence-electron chi connectivity index (χ1n) is 7.21. The zero-order chi connectivity index (χ0) is 15.1. The first kappa shape index (κ1) is 15.8. The highest BCUT2D eigenvalue weighted by atomic mass is 16.5. The summed E-state index contributed by atoms with van der Waals surface area (Å²) >= 11 is 0. The van der Waals surface area contributed by atoms with Gasteiger partial charge < -0.3 is 9.47 Å². The molecule has 0 unspecified atom stereocenters. The smallest absolute Gasteiger partial charge is 0.265 e. The van der Waals surface area contributed by atoms with Crippen molar-refractivity contribution in [3.63, 3.8) is 0 Å². The van der Waals surface area contributed by atoms with Gasteiger partial charge in [-0.15, -0.1) is 0 Å². The van der Waals surface area contributed by atoms with Crippen LogP contribution in [0.15, 0.2) is 24.3 Å². The van der Waals surface area contributed by atoms with Crippen LogP contribution in [0.2, 0.25) is 0 Å². The number of amides is 1. The predicted molar refractivity (Wildman–Crippen MR) is 80.1 cm³/mol. The van der Waals surface area contributed by atoms with E-state index in [0.717, 1.165) is 25.4 Å². The molecular formula is C15H23N3O3. The molecule has 0 atom stereocenters. The molecule has 0 radical (unpaired) electrons. The summed E-state index contributed by atoms with van der Waals surface area (Å²) in [5.41, 5.74) is 2.62. The summed E-state index contributed by atoms with van der Waals surface area (Å²) in [6.07, 6.45) is 2.54. The lowest BCUT2D eigenvalue weighted by molar-refractivity contribution is 0.0953. The number of carbonyl (C=O) groups excluding carboxylic acids is 1. The molecule has 3 N–H and O–H groups in total. The predicted octanol–water partition coefficient (Wildman–Crippen LogP) is 0.780. The van der Waals surface area contributed by atoms with Gasteiger partial charge in [-0.25, -0.2) is 5.84 Å². The Morgan fingerprint density at radius 2 is 1.95 bits per heavy atom. The molecule has 6 heteroatoms. The summed E-state index contributed by atoms with van der Waals surface area (Å²) in [4.78, 5) is 13.7. The topological polar surface area (TPSA) is 76.8 Å². The van der Waals surface area contributed by atoms with Gasteiger partial charge in [-0.2, -0.15) is 0 Å². The Labute approximate surface area is 125 Å². The van der Waals surface area contributed by atoms with Crippen LogP contribution in [-0.2, 0) is 4.74 Å². The molecule has 0 aromatic heterocycles. The number of hydrogen-bond acceptors (Lipinski definition) is 5. The van der Waals surface area contributed by atoms with Crippen LogP contribution >= 0.6 is 0 Å². The van der Waals surface area contributed by atoms with Crippen LogP contribution in [0, 0.1) is 0 Å². The minimum absolute atomic E-state index is 0.305. The van der Waals surface area contributed by atoms with Gasteiger partial charge in [0.15, 0.2) is 0 Å². The molecule has 1 amide bonds. The van der Waals surface area contributed by atoms with Crippen molar-refractivity contribution in [2.75, 3.05) is 33.4 Å². The molecule has 1 aromatic carbocycles. The van der Waals surface area contributed by atoms with Crippen LogP contribution in [0.4, 0.5) is 0 Å². The Morgan fingerprint density at radius 1 is 1.29 bits per heavy atom. The van der Waals surface area contributed by atoms with Crippen molar-refractivity contribution in [2.45, 2.75) is 18.9 Å². The summed E-state index contributed by atoms with van der Waals surface area (Å²) in [6, 6.07) is 7.64. The van der Waals surface area contributed by atoms with Gasteiger partial charge in [-0.1, -0.05) is 0 Å². The molecule has 21 heavy (non-hydrogen) atoms. The maximum Gasteiger partial charge on any atom is 0.265 e. The molecule has 1 fully saturated rings. The van der Waals surface area contributed by atoms with Gasteiger partial charge >= 0.3 is 0 Å². The Balaban J connectivity index is 1.75. The van der Waals surface area contributed by atoms with E-state index in [1.165, 1.54) is 12.8 Å². The minimum atomic E-state index is -0.305. The van der Waals surface area contributed by atoms with Gasteiger partial charge in [-0.05, 0) is 37.1 Å². The van der Waals surface area contributed by atoms with E-state index in [0.29, 0.717) is 18.2 Å². The van der Waals surface area contributed by atoms with Crippen molar-refractivity contribution in [1.29, 1.82) is 0 Å².